The number of aryl methyl sites for hydroxylation is 1. The van der Waals surface area contributed by atoms with Crippen LogP contribution in [0.2, 0.25) is 0 Å². The number of ether oxygens (including phenoxy) is 4. The van der Waals surface area contributed by atoms with E-state index >= 15 is 0 Å². The molecule has 0 saturated heterocycles. The molecule has 7 nitrogen and oxygen atoms in total. The molecule has 0 aliphatic heterocycles. The van der Waals surface area contributed by atoms with Gasteiger partial charge in [-0.2, -0.15) is 0 Å². The maximum atomic E-state index is 12.7. The summed E-state index contributed by atoms with van der Waals surface area (Å²) in [5.41, 5.74) is 4.22. The predicted molar refractivity (Wildman–Crippen MR) is 183 cm³/mol. The first kappa shape index (κ1) is 34.7. The lowest BCUT2D eigenvalue weighted by atomic mass is 10.0. The van der Waals surface area contributed by atoms with Crippen molar-refractivity contribution in [2.24, 2.45) is 0 Å². The molecule has 0 radical (unpaired) electrons. The largest absolute Gasteiger partial charge is 0.494 e. The van der Waals surface area contributed by atoms with Crippen LogP contribution >= 0.6 is 0 Å². The second kappa shape index (κ2) is 18.7. The van der Waals surface area contributed by atoms with Crippen LogP contribution in [0.4, 0.5) is 0 Å². The van der Waals surface area contributed by atoms with Crippen LogP contribution in [0.1, 0.15) is 78.1 Å². The van der Waals surface area contributed by atoms with Gasteiger partial charge in [0.2, 0.25) is 0 Å². The molecule has 0 aromatic heterocycles. The van der Waals surface area contributed by atoms with Crippen LogP contribution in [-0.4, -0.2) is 31.1 Å². The van der Waals surface area contributed by atoms with Gasteiger partial charge in [-0.25, -0.2) is 14.4 Å². The Balaban J connectivity index is 1.18. The minimum atomic E-state index is -0.518. The van der Waals surface area contributed by atoms with Gasteiger partial charge in [-0.05, 0) is 116 Å². The van der Waals surface area contributed by atoms with Gasteiger partial charge >= 0.3 is 17.9 Å². The summed E-state index contributed by atoms with van der Waals surface area (Å²) in [5, 5.41) is 0. The number of carbonyl (C=O) groups excluding carboxylic acids is 3. The normalized spacial score (nSPS) is 10.6. The SMILES string of the molecule is C=CC(=O)OCCCCCCOc1ccc(C(=O)Oc2ccc(C(=O)Oc3ccc(-c4ccc(CCCCC)cc4)cc3)cc2)cc1. The average molecular weight is 635 g/mol. The minimum absolute atomic E-state index is 0.312. The average Bonchev–Trinajstić information content (AvgIpc) is 3.10. The van der Waals surface area contributed by atoms with E-state index in [9.17, 15) is 14.4 Å². The first-order valence-corrected chi connectivity index (χ1v) is 16.2. The molecule has 0 unspecified atom stereocenters. The summed E-state index contributed by atoms with van der Waals surface area (Å²) in [6, 6.07) is 29.0. The quantitative estimate of drug-likeness (QED) is 0.0467. The van der Waals surface area contributed by atoms with Gasteiger partial charge in [-0.1, -0.05) is 62.7 Å². The van der Waals surface area contributed by atoms with Gasteiger partial charge in [-0.3, -0.25) is 0 Å². The third kappa shape index (κ3) is 11.6. The Bertz CT molecular complexity index is 1570. The highest BCUT2D eigenvalue weighted by Crippen LogP contribution is 2.24. The van der Waals surface area contributed by atoms with Gasteiger partial charge < -0.3 is 18.9 Å². The molecule has 0 saturated carbocycles. The molecule has 47 heavy (non-hydrogen) atoms. The van der Waals surface area contributed by atoms with Crippen molar-refractivity contribution in [3.63, 3.8) is 0 Å². The zero-order valence-corrected chi connectivity index (χ0v) is 27.0. The molecule has 0 spiro atoms. The van der Waals surface area contributed by atoms with Crippen LogP contribution in [0.15, 0.2) is 110 Å². The number of esters is 3. The summed E-state index contributed by atoms with van der Waals surface area (Å²) in [4.78, 5) is 36.4. The molecule has 0 N–H and O–H groups in total. The molecule has 4 rings (SSSR count). The molecule has 0 aliphatic rings. The highest BCUT2D eigenvalue weighted by Gasteiger charge is 2.12. The molecule has 0 heterocycles. The lowest BCUT2D eigenvalue weighted by molar-refractivity contribution is -0.137. The fourth-order valence-corrected chi connectivity index (χ4v) is 4.82. The molecular weight excluding hydrogens is 592 g/mol. The van der Waals surface area contributed by atoms with E-state index < -0.39 is 17.9 Å². The van der Waals surface area contributed by atoms with E-state index in [2.05, 4.69) is 37.8 Å². The second-order valence-corrected chi connectivity index (χ2v) is 11.1. The molecular formula is C40H42O7. The monoisotopic (exact) mass is 634 g/mol. The zero-order valence-electron chi connectivity index (χ0n) is 27.0. The lowest BCUT2D eigenvalue weighted by Gasteiger charge is -2.09. The zero-order chi connectivity index (χ0) is 33.3. The van der Waals surface area contributed by atoms with E-state index in [1.807, 2.05) is 12.1 Å². The summed E-state index contributed by atoms with van der Waals surface area (Å²) < 4.78 is 21.7. The molecule has 4 aromatic carbocycles. The Kier molecular flexibility index (Phi) is 13.8. The van der Waals surface area contributed by atoms with Crippen LogP contribution in [0.3, 0.4) is 0 Å². The van der Waals surface area contributed by atoms with Crippen LogP contribution in [0.5, 0.6) is 17.2 Å². The van der Waals surface area contributed by atoms with E-state index in [1.54, 1.807) is 60.7 Å². The maximum Gasteiger partial charge on any atom is 0.343 e. The number of carbonyl (C=O) groups is 3. The minimum Gasteiger partial charge on any atom is -0.494 e. The van der Waals surface area contributed by atoms with Crippen molar-refractivity contribution in [2.75, 3.05) is 13.2 Å². The van der Waals surface area contributed by atoms with E-state index in [0.29, 0.717) is 41.6 Å². The van der Waals surface area contributed by atoms with E-state index in [0.717, 1.165) is 49.3 Å². The van der Waals surface area contributed by atoms with Gasteiger partial charge in [0.15, 0.2) is 0 Å². The fraction of sp³-hybridized carbons (Fsp3) is 0.275. The summed E-state index contributed by atoms with van der Waals surface area (Å²) in [6.45, 7) is 6.51. The van der Waals surface area contributed by atoms with Crippen molar-refractivity contribution in [1.82, 2.24) is 0 Å². The Morgan fingerprint density at radius 1 is 0.574 bits per heavy atom. The molecule has 0 aliphatic carbocycles. The van der Waals surface area contributed by atoms with Crippen LogP contribution in [0.25, 0.3) is 11.1 Å². The van der Waals surface area contributed by atoms with Crippen molar-refractivity contribution >= 4 is 17.9 Å². The Labute approximate surface area is 277 Å². The smallest absolute Gasteiger partial charge is 0.343 e. The van der Waals surface area contributed by atoms with Crippen LogP contribution < -0.4 is 14.2 Å². The third-order valence-corrected chi connectivity index (χ3v) is 7.53. The predicted octanol–water partition coefficient (Wildman–Crippen LogP) is 9.19. The number of unbranched alkanes of at least 4 members (excludes halogenated alkanes) is 5. The summed E-state index contributed by atoms with van der Waals surface area (Å²) in [6.07, 6.45) is 9.47. The Morgan fingerprint density at radius 3 is 1.60 bits per heavy atom. The number of hydrogen-bond donors (Lipinski definition) is 0. The van der Waals surface area contributed by atoms with Crippen LogP contribution in [0, 0.1) is 0 Å². The van der Waals surface area contributed by atoms with E-state index in [4.69, 9.17) is 18.9 Å². The summed E-state index contributed by atoms with van der Waals surface area (Å²) in [7, 11) is 0. The lowest BCUT2D eigenvalue weighted by Crippen LogP contribution is -2.10. The van der Waals surface area contributed by atoms with Gasteiger partial charge in [0, 0.05) is 6.08 Å². The molecule has 0 fully saturated rings. The highest BCUT2D eigenvalue weighted by atomic mass is 16.5. The van der Waals surface area contributed by atoms with Crippen molar-refractivity contribution in [2.45, 2.75) is 58.3 Å². The molecule has 244 valence electrons. The Morgan fingerprint density at radius 2 is 1.06 bits per heavy atom. The number of rotatable bonds is 18. The van der Waals surface area contributed by atoms with Crippen molar-refractivity contribution in [3.05, 3.63) is 126 Å². The van der Waals surface area contributed by atoms with E-state index in [-0.39, 0.29) is 0 Å². The van der Waals surface area contributed by atoms with Crippen molar-refractivity contribution in [1.29, 1.82) is 0 Å². The van der Waals surface area contributed by atoms with Gasteiger partial charge in [0.1, 0.15) is 17.2 Å². The standard InChI is InChI=1S/C40H42O7/c1-3-5-8-11-30-12-14-31(15-13-30)32-16-24-36(25-17-32)46-40(43)34-20-26-37(27-21-34)47-39(42)33-18-22-35(23-19-33)44-28-9-6-7-10-29-45-38(41)4-2/h4,12-27H,2-3,5-11,28-29H2,1H3. The maximum absolute atomic E-state index is 12.7. The van der Waals surface area contributed by atoms with Gasteiger partial charge in [-0.15, -0.1) is 0 Å². The third-order valence-electron chi connectivity index (χ3n) is 7.53. The fourth-order valence-electron chi connectivity index (χ4n) is 4.82. The van der Waals surface area contributed by atoms with E-state index in [1.165, 1.54) is 24.8 Å². The van der Waals surface area contributed by atoms with Crippen LogP contribution in [-0.2, 0) is 16.0 Å². The molecule has 7 heteroatoms. The first-order valence-electron chi connectivity index (χ1n) is 16.2. The molecule has 0 atom stereocenters. The Hall–Kier alpha value is -5.17. The first-order chi connectivity index (χ1) is 22.9. The highest BCUT2D eigenvalue weighted by molar-refractivity contribution is 5.92. The second-order valence-electron chi connectivity index (χ2n) is 11.1. The van der Waals surface area contributed by atoms with Crippen molar-refractivity contribution < 1.29 is 33.3 Å². The van der Waals surface area contributed by atoms with Gasteiger partial charge in [0.25, 0.3) is 0 Å². The molecule has 0 bridgehead atoms. The number of benzene rings is 4. The van der Waals surface area contributed by atoms with Crippen molar-refractivity contribution in [3.8, 4) is 28.4 Å². The topological polar surface area (TPSA) is 88.1 Å². The van der Waals surface area contributed by atoms with Gasteiger partial charge in [0.05, 0.1) is 24.3 Å². The summed E-state index contributed by atoms with van der Waals surface area (Å²) in [5.74, 6) is -0.00465. The molecule has 4 aromatic rings. The summed E-state index contributed by atoms with van der Waals surface area (Å²) >= 11 is 0. The molecule has 0 amide bonds. The number of hydrogen-bond acceptors (Lipinski definition) is 7.